The van der Waals surface area contributed by atoms with Crippen LogP contribution in [0.15, 0.2) is 9.59 Å². The molecule has 0 fully saturated rings. The number of hydrogen-bond acceptors (Lipinski definition) is 5. The molecule has 0 atom stereocenters. The lowest BCUT2D eigenvalue weighted by atomic mass is 10.3. The fourth-order valence-electron chi connectivity index (χ4n) is 1.56. The van der Waals surface area contributed by atoms with E-state index in [1.165, 1.54) is 18.7 Å². The molecule has 2 aliphatic heterocycles. The predicted molar refractivity (Wildman–Crippen MR) is 57.5 cm³/mol. The van der Waals surface area contributed by atoms with Crippen LogP contribution in [0.3, 0.4) is 0 Å². The number of fused-ring (bicyclic) bond motifs is 1. The Morgan fingerprint density at radius 2 is 2.06 bits per heavy atom. The van der Waals surface area contributed by atoms with E-state index in [0.717, 1.165) is 4.57 Å². The highest BCUT2D eigenvalue weighted by Gasteiger charge is 2.25. The van der Waals surface area contributed by atoms with E-state index < -0.39 is 11.2 Å². The van der Waals surface area contributed by atoms with E-state index in [0.29, 0.717) is 11.3 Å². The minimum atomic E-state index is -0.699. The fraction of sp³-hybridized carbons (Fsp3) is 0.444. The Bertz CT molecular complexity index is 672. The second kappa shape index (κ2) is 3.65. The van der Waals surface area contributed by atoms with Gasteiger partial charge in [-0.15, -0.1) is 0 Å². The summed E-state index contributed by atoms with van der Waals surface area (Å²) in [4.78, 5) is 27.0. The van der Waals surface area contributed by atoms with E-state index in [1.807, 2.05) is 0 Å². The number of aryl methyl sites for hydroxylation is 2. The normalized spacial score (nSPS) is 11.0. The van der Waals surface area contributed by atoms with E-state index in [1.54, 1.807) is 6.92 Å². The molecule has 8 nitrogen and oxygen atoms in total. The summed E-state index contributed by atoms with van der Waals surface area (Å²) in [6.45, 7) is 3.69. The van der Waals surface area contributed by atoms with Gasteiger partial charge in [0.2, 0.25) is 11.5 Å². The zero-order valence-corrected chi connectivity index (χ0v) is 9.67. The van der Waals surface area contributed by atoms with E-state index in [9.17, 15) is 14.8 Å². The van der Waals surface area contributed by atoms with Crippen molar-refractivity contribution in [2.45, 2.75) is 20.4 Å². The quantitative estimate of drug-likeness (QED) is 0.439. The molecule has 0 aromatic heterocycles. The Labute approximate surface area is 95.7 Å². The molecule has 0 saturated carbocycles. The topological polar surface area (TPSA) is 96.7 Å². The second-order valence-corrected chi connectivity index (χ2v) is 3.59. The molecule has 0 amide bonds. The lowest BCUT2D eigenvalue weighted by molar-refractivity contribution is -0.607. The highest BCUT2D eigenvalue weighted by molar-refractivity contribution is 5.43. The Morgan fingerprint density at radius 3 is 2.65 bits per heavy atom. The van der Waals surface area contributed by atoms with Crippen molar-refractivity contribution >= 4 is 0 Å². The molecule has 90 valence electrons. The van der Waals surface area contributed by atoms with E-state index >= 15 is 0 Å². The first-order chi connectivity index (χ1) is 7.97. The maximum absolute atomic E-state index is 11.9. The van der Waals surface area contributed by atoms with Crippen LogP contribution in [0.5, 0.6) is 0 Å². The third kappa shape index (κ3) is 1.49. The van der Waals surface area contributed by atoms with Gasteiger partial charge in [0.05, 0.1) is 11.6 Å². The Balaban J connectivity index is 3.08. The summed E-state index contributed by atoms with van der Waals surface area (Å²) in [5, 5.41) is 15.7. The first-order valence-corrected chi connectivity index (χ1v) is 5.05. The second-order valence-electron chi connectivity index (χ2n) is 3.59. The summed E-state index contributed by atoms with van der Waals surface area (Å²) < 4.78 is 2.56. The molecule has 17 heavy (non-hydrogen) atoms. The maximum Gasteiger partial charge on any atom is 0.352 e. The van der Waals surface area contributed by atoms with Crippen molar-refractivity contribution in [3.63, 3.8) is 0 Å². The summed E-state index contributed by atoms with van der Waals surface area (Å²) in [6, 6.07) is 0. The molecule has 0 aromatic rings. The average Bonchev–Trinajstić information content (AvgIpc) is 2.30. The monoisotopic (exact) mass is 237 g/mol. The van der Waals surface area contributed by atoms with Crippen LogP contribution in [0, 0.1) is 12.1 Å². The standard InChI is InChI=1S/C9H11N5O3/c1-4-13-7-6(14(17)5(2)11-13)8(15)12(3)9(16)10-7/h4H2,1-3H3. The number of nitrogens with zero attached hydrogens (tertiary/aromatic N) is 5. The maximum atomic E-state index is 11.9. The first-order valence-electron chi connectivity index (χ1n) is 5.05. The SMILES string of the molecule is CCn1nc(C)[n+]([O-])c2c(=O)n(C)c(=O)nc1-2. The third-order valence-corrected chi connectivity index (χ3v) is 2.51. The Morgan fingerprint density at radius 1 is 1.41 bits per heavy atom. The molecular formula is C9H11N5O3. The third-order valence-electron chi connectivity index (χ3n) is 2.51. The van der Waals surface area contributed by atoms with Crippen LogP contribution >= 0.6 is 0 Å². The molecule has 8 heteroatoms. The van der Waals surface area contributed by atoms with Gasteiger partial charge in [-0.3, -0.25) is 9.36 Å². The molecule has 0 radical (unpaired) electrons. The molecule has 2 heterocycles. The highest BCUT2D eigenvalue weighted by Crippen LogP contribution is 2.06. The number of rotatable bonds is 1. The van der Waals surface area contributed by atoms with Crippen molar-refractivity contribution in [3.05, 3.63) is 31.9 Å². The van der Waals surface area contributed by atoms with Gasteiger partial charge in [0.15, 0.2) is 0 Å². The summed E-state index contributed by atoms with van der Waals surface area (Å²) in [6.07, 6.45) is 0. The highest BCUT2D eigenvalue weighted by atomic mass is 16.5. The Hall–Kier alpha value is -2.25. The van der Waals surface area contributed by atoms with Crippen molar-refractivity contribution in [1.29, 1.82) is 0 Å². The molecule has 0 bridgehead atoms. The van der Waals surface area contributed by atoms with Crippen LogP contribution in [0.4, 0.5) is 0 Å². The molecule has 2 aliphatic rings. The summed E-state index contributed by atoms with van der Waals surface area (Å²) in [7, 11) is 1.28. The zero-order chi connectivity index (χ0) is 12.7. The average molecular weight is 237 g/mol. The first kappa shape index (κ1) is 11.2. The van der Waals surface area contributed by atoms with Gasteiger partial charge in [-0.05, 0) is 6.92 Å². The van der Waals surface area contributed by atoms with Crippen LogP contribution < -0.4 is 16.0 Å². The molecule has 0 N–H and O–H groups in total. The van der Waals surface area contributed by atoms with Crippen LogP contribution in [0.2, 0.25) is 0 Å². The summed E-state index contributed by atoms with van der Waals surface area (Å²) in [5.41, 5.74) is -1.53. The van der Waals surface area contributed by atoms with E-state index in [2.05, 4.69) is 10.1 Å². The fourth-order valence-corrected chi connectivity index (χ4v) is 1.56. The van der Waals surface area contributed by atoms with Gasteiger partial charge in [0.1, 0.15) is 0 Å². The van der Waals surface area contributed by atoms with E-state index in [-0.39, 0.29) is 17.3 Å². The number of aromatic nitrogens is 5. The van der Waals surface area contributed by atoms with Gasteiger partial charge in [-0.1, -0.05) is 0 Å². The minimum absolute atomic E-state index is 0.0150. The summed E-state index contributed by atoms with van der Waals surface area (Å²) >= 11 is 0. The predicted octanol–water partition coefficient (Wildman–Crippen LogP) is -1.60. The van der Waals surface area contributed by atoms with Crippen molar-refractivity contribution in [2.24, 2.45) is 7.05 Å². The molecule has 0 aromatic carbocycles. The molecule has 0 unspecified atom stereocenters. The largest absolute Gasteiger partial charge is 0.710 e. The van der Waals surface area contributed by atoms with Crippen LogP contribution in [-0.2, 0) is 13.6 Å². The molecule has 2 rings (SSSR count). The summed E-state index contributed by atoms with van der Waals surface area (Å²) in [5.74, 6) is 0.151. The van der Waals surface area contributed by atoms with Gasteiger partial charge in [-0.2, -0.15) is 9.67 Å². The van der Waals surface area contributed by atoms with Crippen LogP contribution in [-0.4, -0.2) is 19.3 Å². The smallest absolute Gasteiger partial charge is 0.352 e. The van der Waals surface area contributed by atoms with Crippen molar-refractivity contribution in [3.8, 4) is 11.5 Å². The van der Waals surface area contributed by atoms with Gasteiger partial charge in [0, 0.05) is 14.0 Å². The van der Waals surface area contributed by atoms with Crippen molar-refractivity contribution < 1.29 is 4.73 Å². The lowest BCUT2D eigenvalue weighted by Crippen LogP contribution is -2.48. The van der Waals surface area contributed by atoms with Gasteiger partial charge >= 0.3 is 17.1 Å². The van der Waals surface area contributed by atoms with E-state index in [4.69, 9.17) is 0 Å². The molecule has 0 aliphatic carbocycles. The van der Waals surface area contributed by atoms with Crippen molar-refractivity contribution in [1.82, 2.24) is 19.3 Å². The lowest BCUT2D eigenvalue weighted by Gasteiger charge is -2.13. The molecule has 0 saturated heterocycles. The minimum Gasteiger partial charge on any atom is -0.710 e. The van der Waals surface area contributed by atoms with Gasteiger partial charge in [0.25, 0.3) is 0 Å². The zero-order valence-electron chi connectivity index (χ0n) is 9.67. The Kier molecular flexibility index (Phi) is 2.41. The van der Waals surface area contributed by atoms with Gasteiger partial charge in [-0.25, -0.2) is 9.52 Å². The molecule has 0 spiro atoms. The van der Waals surface area contributed by atoms with Crippen LogP contribution in [0.25, 0.3) is 11.5 Å². The number of hydrogen-bond donors (Lipinski definition) is 0. The van der Waals surface area contributed by atoms with Crippen LogP contribution in [0.1, 0.15) is 12.7 Å². The molecular weight excluding hydrogens is 226 g/mol. The van der Waals surface area contributed by atoms with Crippen molar-refractivity contribution in [2.75, 3.05) is 0 Å². The van der Waals surface area contributed by atoms with Gasteiger partial charge < -0.3 is 5.21 Å².